The summed E-state index contributed by atoms with van der Waals surface area (Å²) in [7, 11) is 0. The van der Waals surface area contributed by atoms with Crippen LogP contribution in [-0.2, 0) is 4.79 Å². The normalized spacial score (nSPS) is 36.6. The van der Waals surface area contributed by atoms with Crippen LogP contribution in [0.25, 0.3) is 0 Å². The first kappa shape index (κ1) is 13.9. The first-order chi connectivity index (χ1) is 8.63. The van der Waals surface area contributed by atoms with E-state index in [1.165, 1.54) is 19.3 Å². The van der Waals surface area contributed by atoms with Gasteiger partial charge in [0.05, 0.1) is 0 Å². The molecule has 104 valence electrons. The second kappa shape index (κ2) is 6.55. The second-order valence-corrected chi connectivity index (χ2v) is 6.51. The highest BCUT2D eigenvalue weighted by Crippen LogP contribution is 2.28. The van der Waals surface area contributed by atoms with Crippen molar-refractivity contribution in [1.82, 2.24) is 10.6 Å². The van der Waals surface area contributed by atoms with Crippen molar-refractivity contribution in [3.8, 4) is 0 Å². The van der Waals surface area contributed by atoms with Crippen LogP contribution in [0.1, 0.15) is 58.8 Å². The van der Waals surface area contributed by atoms with Crippen molar-refractivity contribution in [3.63, 3.8) is 0 Å². The maximum absolute atomic E-state index is 11.9. The fourth-order valence-electron chi connectivity index (χ4n) is 3.67. The minimum atomic E-state index is 0.259. The molecule has 1 aliphatic carbocycles. The van der Waals surface area contributed by atoms with Gasteiger partial charge in [-0.3, -0.25) is 4.79 Å². The average molecular weight is 252 g/mol. The van der Waals surface area contributed by atoms with Crippen molar-refractivity contribution in [2.45, 2.75) is 70.9 Å². The molecule has 1 aliphatic heterocycles. The van der Waals surface area contributed by atoms with Crippen molar-refractivity contribution in [2.24, 2.45) is 11.8 Å². The lowest BCUT2D eigenvalue weighted by Crippen LogP contribution is -2.40. The van der Waals surface area contributed by atoms with Crippen LogP contribution in [-0.4, -0.2) is 24.5 Å². The number of rotatable bonds is 4. The summed E-state index contributed by atoms with van der Waals surface area (Å²) in [4.78, 5) is 11.9. The van der Waals surface area contributed by atoms with Gasteiger partial charge in [0.25, 0.3) is 0 Å². The molecule has 2 aliphatic rings. The fourth-order valence-corrected chi connectivity index (χ4v) is 3.67. The van der Waals surface area contributed by atoms with Crippen LogP contribution < -0.4 is 10.6 Å². The molecule has 1 saturated heterocycles. The summed E-state index contributed by atoms with van der Waals surface area (Å²) in [5.74, 6) is 1.78. The Kier molecular flexibility index (Phi) is 5.04. The zero-order valence-corrected chi connectivity index (χ0v) is 11.9. The maximum Gasteiger partial charge on any atom is 0.220 e. The lowest BCUT2D eigenvalue weighted by atomic mass is 9.80. The zero-order valence-electron chi connectivity index (χ0n) is 11.9. The third kappa shape index (κ3) is 4.27. The Morgan fingerprint density at radius 2 is 1.94 bits per heavy atom. The highest BCUT2D eigenvalue weighted by molar-refractivity contribution is 5.76. The van der Waals surface area contributed by atoms with Gasteiger partial charge in [-0.1, -0.05) is 13.8 Å². The molecular weight excluding hydrogens is 224 g/mol. The van der Waals surface area contributed by atoms with Crippen LogP contribution in [0.3, 0.4) is 0 Å². The van der Waals surface area contributed by atoms with Crippen molar-refractivity contribution in [1.29, 1.82) is 0 Å². The van der Waals surface area contributed by atoms with Crippen LogP contribution in [0, 0.1) is 11.8 Å². The Balaban J connectivity index is 1.66. The lowest BCUT2D eigenvalue weighted by Gasteiger charge is -2.32. The molecule has 2 fully saturated rings. The summed E-state index contributed by atoms with van der Waals surface area (Å²) < 4.78 is 0. The average Bonchev–Trinajstić information content (AvgIpc) is 2.77. The van der Waals surface area contributed by atoms with Gasteiger partial charge in [0.2, 0.25) is 5.91 Å². The van der Waals surface area contributed by atoms with Crippen LogP contribution in [0.4, 0.5) is 0 Å². The first-order valence-electron chi connectivity index (χ1n) is 7.66. The van der Waals surface area contributed by atoms with Gasteiger partial charge in [0.1, 0.15) is 0 Å². The highest BCUT2D eigenvalue weighted by Gasteiger charge is 2.25. The molecule has 3 unspecified atom stereocenters. The number of nitrogens with one attached hydrogen (secondary N) is 2. The molecule has 0 radical (unpaired) electrons. The highest BCUT2D eigenvalue weighted by atomic mass is 16.1. The van der Waals surface area contributed by atoms with E-state index in [4.69, 9.17) is 0 Å². The van der Waals surface area contributed by atoms with Crippen molar-refractivity contribution in [3.05, 3.63) is 0 Å². The molecule has 3 heteroatoms. The molecule has 1 saturated carbocycles. The summed E-state index contributed by atoms with van der Waals surface area (Å²) in [6.45, 7) is 5.73. The molecule has 2 N–H and O–H groups in total. The predicted octanol–water partition coefficient (Wildman–Crippen LogP) is 2.46. The summed E-state index contributed by atoms with van der Waals surface area (Å²) in [6, 6.07) is 1.01. The maximum atomic E-state index is 11.9. The summed E-state index contributed by atoms with van der Waals surface area (Å²) in [5.41, 5.74) is 0. The monoisotopic (exact) mass is 252 g/mol. The van der Waals surface area contributed by atoms with Gasteiger partial charge in [-0.05, 0) is 56.9 Å². The molecule has 0 aromatic carbocycles. The fraction of sp³-hybridized carbons (Fsp3) is 0.933. The number of hydrogen-bond donors (Lipinski definition) is 2. The summed E-state index contributed by atoms with van der Waals surface area (Å²) in [5, 5.41) is 6.69. The van der Waals surface area contributed by atoms with Crippen LogP contribution in [0.15, 0.2) is 0 Å². The van der Waals surface area contributed by atoms with E-state index in [0.717, 1.165) is 37.6 Å². The first-order valence-corrected chi connectivity index (χ1v) is 7.66. The Labute approximate surface area is 111 Å². The number of carbonyl (C=O) groups excluding carboxylic acids is 1. The van der Waals surface area contributed by atoms with Crippen LogP contribution in [0.5, 0.6) is 0 Å². The quantitative estimate of drug-likeness (QED) is 0.807. The van der Waals surface area contributed by atoms with Gasteiger partial charge in [0.15, 0.2) is 0 Å². The molecule has 1 heterocycles. The standard InChI is InChI=1S/C15H28N2O/c1-11-8-12(2)10-14(9-11)17-15(18)6-5-13-4-3-7-16-13/h11-14,16H,3-10H2,1-2H3,(H,17,18). The van der Waals surface area contributed by atoms with Gasteiger partial charge in [0, 0.05) is 18.5 Å². The third-order valence-corrected chi connectivity index (χ3v) is 4.43. The van der Waals surface area contributed by atoms with Crippen LogP contribution >= 0.6 is 0 Å². The smallest absolute Gasteiger partial charge is 0.220 e. The number of hydrogen-bond acceptors (Lipinski definition) is 2. The second-order valence-electron chi connectivity index (χ2n) is 6.51. The predicted molar refractivity (Wildman–Crippen MR) is 74.4 cm³/mol. The van der Waals surface area contributed by atoms with E-state index in [9.17, 15) is 4.79 Å². The SMILES string of the molecule is CC1CC(C)CC(NC(=O)CCC2CCCN2)C1. The molecule has 2 rings (SSSR count). The minimum absolute atomic E-state index is 0.259. The molecule has 1 amide bonds. The van der Waals surface area contributed by atoms with Gasteiger partial charge < -0.3 is 10.6 Å². The Morgan fingerprint density at radius 1 is 1.22 bits per heavy atom. The Bertz CT molecular complexity index is 264. The minimum Gasteiger partial charge on any atom is -0.353 e. The topological polar surface area (TPSA) is 41.1 Å². The van der Waals surface area contributed by atoms with Gasteiger partial charge in [-0.2, -0.15) is 0 Å². The molecule has 0 spiro atoms. The number of carbonyl (C=O) groups is 1. The molecule has 18 heavy (non-hydrogen) atoms. The van der Waals surface area contributed by atoms with E-state index in [0.29, 0.717) is 18.5 Å². The largest absolute Gasteiger partial charge is 0.353 e. The van der Waals surface area contributed by atoms with Crippen molar-refractivity contribution < 1.29 is 4.79 Å². The molecule has 0 bridgehead atoms. The Morgan fingerprint density at radius 3 is 2.56 bits per heavy atom. The van der Waals surface area contributed by atoms with Gasteiger partial charge in [-0.25, -0.2) is 0 Å². The third-order valence-electron chi connectivity index (χ3n) is 4.43. The molecule has 3 atom stereocenters. The van der Waals surface area contributed by atoms with E-state index in [1.807, 2.05) is 0 Å². The molecular formula is C15H28N2O. The van der Waals surface area contributed by atoms with Gasteiger partial charge in [-0.15, -0.1) is 0 Å². The van der Waals surface area contributed by atoms with Gasteiger partial charge >= 0.3 is 0 Å². The lowest BCUT2D eigenvalue weighted by molar-refractivity contribution is -0.122. The summed E-state index contributed by atoms with van der Waals surface area (Å²) in [6.07, 6.45) is 7.85. The number of amides is 1. The summed E-state index contributed by atoms with van der Waals surface area (Å²) >= 11 is 0. The van der Waals surface area contributed by atoms with E-state index >= 15 is 0 Å². The Hall–Kier alpha value is -0.570. The molecule has 3 nitrogen and oxygen atoms in total. The van der Waals surface area contributed by atoms with E-state index in [1.54, 1.807) is 0 Å². The molecule has 0 aromatic heterocycles. The zero-order chi connectivity index (χ0) is 13.0. The van der Waals surface area contributed by atoms with E-state index in [-0.39, 0.29) is 5.91 Å². The van der Waals surface area contributed by atoms with Crippen molar-refractivity contribution in [2.75, 3.05) is 6.54 Å². The van der Waals surface area contributed by atoms with Crippen molar-refractivity contribution >= 4 is 5.91 Å². The van der Waals surface area contributed by atoms with Crippen LogP contribution in [0.2, 0.25) is 0 Å². The molecule has 0 aromatic rings. The van der Waals surface area contributed by atoms with E-state index < -0.39 is 0 Å². The van der Waals surface area contributed by atoms with E-state index in [2.05, 4.69) is 24.5 Å².